The molecule has 0 spiro atoms. The minimum Gasteiger partial charge on any atom is -0.469 e. The van der Waals surface area contributed by atoms with Crippen molar-refractivity contribution in [2.75, 3.05) is 19.4 Å². The van der Waals surface area contributed by atoms with Crippen LogP contribution in [0.5, 0.6) is 0 Å². The van der Waals surface area contributed by atoms with E-state index in [-0.39, 0.29) is 11.4 Å². The van der Waals surface area contributed by atoms with Crippen LogP contribution in [0.1, 0.15) is 52.4 Å². The number of esters is 1. The van der Waals surface area contributed by atoms with Gasteiger partial charge in [-0.1, -0.05) is 13.8 Å². The fourth-order valence-corrected chi connectivity index (χ4v) is 4.95. The van der Waals surface area contributed by atoms with Gasteiger partial charge in [0, 0.05) is 11.3 Å². The lowest BCUT2D eigenvalue weighted by molar-refractivity contribution is -0.141. The Hall–Kier alpha value is -0.220. The maximum Gasteiger partial charge on any atom is 0.306 e. The predicted molar refractivity (Wildman–Crippen MR) is 85.0 cm³/mol. The van der Waals surface area contributed by atoms with Gasteiger partial charge in [0.1, 0.15) is 0 Å². The van der Waals surface area contributed by atoms with Crippen LogP contribution in [0.15, 0.2) is 0 Å². The first-order valence-electron chi connectivity index (χ1n) is 8.02. The van der Waals surface area contributed by atoms with Crippen molar-refractivity contribution in [3.8, 4) is 0 Å². The van der Waals surface area contributed by atoms with Crippen LogP contribution in [0.25, 0.3) is 0 Å². The molecule has 2 aliphatic carbocycles. The number of carbonyl (C=O) groups is 1. The molecule has 0 heterocycles. The molecule has 116 valence electrons. The van der Waals surface area contributed by atoms with E-state index < -0.39 is 0 Å². The van der Waals surface area contributed by atoms with Crippen molar-refractivity contribution in [1.29, 1.82) is 0 Å². The lowest BCUT2D eigenvalue weighted by Crippen LogP contribution is -2.34. The predicted octanol–water partition coefficient (Wildman–Crippen LogP) is 3.23. The van der Waals surface area contributed by atoms with E-state index in [2.05, 4.69) is 30.9 Å². The number of rotatable bonds is 8. The Morgan fingerprint density at radius 3 is 2.75 bits per heavy atom. The summed E-state index contributed by atoms with van der Waals surface area (Å²) in [4.78, 5) is 11.5. The van der Waals surface area contributed by atoms with Crippen molar-refractivity contribution in [1.82, 2.24) is 5.32 Å². The first kappa shape index (κ1) is 16.2. The van der Waals surface area contributed by atoms with E-state index in [4.69, 9.17) is 4.74 Å². The standard InChI is InChI=1S/C16H29NO2S/c1-4-9-17-13-5-6-14(12(13)2)20-11-16(7-8-16)10-15(18)19-3/h12-14,17H,4-11H2,1-3H3. The Morgan fingerprint density at radius 2 is 2.15 bits per heavy atom. The van der Waals surface area contributed by atoms with Gasteiger partial charge in [-0.25, -0.2) is 0 Å². The minimum absolute atomic E-state index is 0.0370. The Morgan fingerprint density at radius 1 is 1.40 bits per heavy atom. The Labute approximate surface area is 127 Å². The fourth-order valence-electron chi connectivity index (χ4n) is 3.19. The zero-order valence-corrected chi connectivity index (χ0v) is 13.9. The second-order valence-corrected chi connectivity index (χ2v) is 7.83. The molecule has 2 rings (SSSR count). The maximum atomic E-state index is 11.5. The van der Waals surface area contributed by atoms with Gasteiger partial charge in [0.2, 0.25) is 0 Å². The number of ether oxygens (including phenoxy) is 1. The molecule has 3 unspecified atom stereocenters. The van der Waals surface area contributed by atoms with Crippen molar-refractivity contribution >= 4 is 17.7 Å². The lowest BCUT2D eigenvalue weighted by Gasteiger charge is -2.23. The van der Waals surface area contributed by atoms with Crippen molar-refractivity contribution in [2.24, 2.45) is 11.3 Å². The zero-order valence-electron chi connectivity index (χ0n) is 13.1. The summed E-state index contributed by atoms with van der Waals surface area (Å²) >= 11 is 2.10. The highest BCUT2D eigenvalue weighted by molar-refractivity contribution is 7.99. The summed E-state index contributed by atoms with van der Waals surface area (Å²) in [5.74, 6) is 1.85. The van der Waals surface area contributed by atoms with Crippen LogP contribution < -0.4 is 5.32 Å². The first-order chi connectivity index (χ1) is 9.60. The molecule has 0 aromatic carbocycles. The highest BCUT2D eigenvalue weighted by Gasteiger charge is 2.45. The number of methoxy groups -OCH3 is 1. The summed E-state index contributed by atoms with van der Waals surface area (Å²) in [7, 11) is 1.49. The van der Waals surface area contributed by atoms with Gasteiger partial charge in [0.15, 0.2) is 0 Å². The van der Waals surface area contributed by atoms with Gasteiger partial charge in [0.05, 0.1) is 13.5 Å². The van der Waals surface area contributed by atoms with Crippen LogP contribution >= 0.6 is 11.8 Å². The molecular weight excluding hydrogens is 270 g/mol. The minimum atomic E-state index is -0.0370. The summed E-state index contributed by atoms with van der Waals surface area (Å²) in [5, 5.41) is 4.44. The summed E-state index contributed by atoms with van der Waals surface area (Å²) in [5.41, 5.74) is 0.270. The topological polar surface area (TPSA) is 38.3 Å². The summed E-state index contributed by atoms with van der Waals surface area (Å²) in [6.07, 6.45) is 6.87. The van der Waals surface area contributed by atoms with Crippen LogP contribution in [0.4, 0.5) is 0 Å². The second kappa shape index (κ2) is 7.17. The van der Waals surface area contributed by atoms with Crippen LogP contribution in [-0.2, 0) is 9.53 Å². The van der Waals surface area contributed by atoms with E-state index in [1.807, 2.05) is 0 Å². The fraction of sp³-hybridized carbons (Fsp3) is 0.938. The molecule has 3 nitrogen and oxygen atoms in total. The highest BCUT2D eigenvalue weighted by Crippen LogP contribution is 2.53. The third-order valence-electron chi connectivity index (χ3n) is 4.95. The van der Waals surface area contributed by atoms with Crippen molar-refractivity contribution in [3.05, 3.63) is 0 Å². The number of thioether (sulfide) groups is 1. The molecule has 1 N–H and O–H groups in total. The molecule has 0 bridgehead atoms. The van der Waals surface area contributed by atoms with Crippen molar-refractivity contribution < 1.29 is 9.53 Å². The van der Waals surface area contributed by atoms with E-state index in [0.717, 1.165) is 23.5 Å². The van der Waals surface area contributed by atoms with Gasteiger partial charge in [-0.15, -0.1) is 0 Å². The van der Waals surface area contributed by atoms with Gasteiger partial charge < -0.3 is 10.1 Å². The number of hydrogen-bond acceptors (Lipinski definition) is 4. The van der Waals surface area contributed by atoms with Crippen molar-refractivity contribution in [3.63, 3.8) is 0 Å². The number of nitrogens with one attached hydrogen (secondary N) is 1. The first-order valence-corrected chi connectivity index (χ1v) is 9.07. The van der Waals surface area contributed by atoms with Gasteiger partial charge in [-0.2, -0.15) is 11.8 Å². The Kier molecular flexibility index (Phi) is 5.79. The maximum absolute atomic E-state index is 11.5. The van der Waals surface area contributed by atoms with E-state index >= 15 is 0 Å². The van der Waals surface area contributed by atoms with Crippen LogP contribution in [0, 0.1) is 11.3 Å². The van der Waals surface area contributed by atoms with Crippen LogP contribution in [0.3, 0.4) is 0 Å². The van der Waals surface area contributed by atoms with Crippen molar-refractivity contribution in [2.45, 2.75) is 63.7 Å². The van der Waals surface area contributed by atoms with Gasteiger partial charge >= 0.3 is 5.97 Å². The van der Waals surface area contributed by atoms with E-state index in [0.29, 0.717) is 12.5 Å². The Bertz CT molecular complexity index is 330. The van der Waals surface area contributed by atoms with E-state index in [1.54, 1.807) is 0 Å². The second-order valence-electron chi connectivity index (χ2n) is 6.60. The molecular formula is C16H29NO2S. The highest BCUT2D eigenvalue weighted by atomic mass is 32.2. The lowest BCUT2D eigenvalue weighted by atomic mass is 10.1. The molecule has 0 saturated heterocycles. The van der Waals surface area contributed by atoms with Gasteiger partial charge in [-0.3, -0.25) is 4.79 Å². The molecule has 2 aliphatic rings. The molecule has 20 heavy (non-hydrogen) atoms. The number of hydrogen-bond donors (Lipinski definition) is 1. The molecule has 0 aromatic heterocycles. The molecule has 4 heteroatoms. The third kappa shape index (κ3) is 4.14. The largest absolute Gasteiger partial charge is 0.469 e. The monoisotopic (exact) mass is 299 g/mol. The SMILES string of the molecule is CCCNC1CCC(SCC2(CC(=O)OC)CC2)C1C. The molecule has 0 radical (unpaired) electrons. The molecule has 2 fully saturated rings. The van der Waals surface area contributed by atoms with Crippen LogP contribution in [-0.4, -0.2) is 36.7 Å². The smallest absolute Gasteiger partial charge is 0.306 e. The van der Waals surface area contributed by atoms with E-state index in [9.17, 15) is 4.79 Å². The molecule has 0 aromatic rings. The molecule has 0 amide bonds. The average Bonchev–Trinajstić information content (AvgIpc) is 3.12. The summed E-state index contributed by atoms with van der Waals surface area (Å²) in [6, 6.07) is 0.697. The summed E-state index contributed by atoms with van der Waals surface area (Å²) < 4.78 is 4.82. The normalized spacial score (nSPS) is 31.2. The van der Waals surface area contributed by atoms with Crippen LogP contribution in [0.2, 0.25) is 0 Å². The molecule has 3 atom stereocenters. The zero-order chi connectivity index (χ0) is 14.6. The van der Waals surface area contributed by atoms with Gasteiger partial charge in [0.25, 0.3) is 0 Å². The Balaban J connectivity index is 1.73. The summed E-state index contributed by atoms with van der Waals surface area (Å²) in [6.45, 7) is 5.75. The van der Waals surface area contributed by atoms with Gasteiger partial charge in [-0.05, 0) is 55.7 Å². The quantitative estimate of drug-likeness (QED) is 0.698. The molecule has 2 saturated carbocycles. The number of carbonyl (C=O) groups excluding carboxylic acids is 1. The van der Waals surface area contributed by atoms with E-state index in [1.165, 1.54) is 39.2 Å². The average molecular weight is 299 g/mol. The third-order valence-corrected chi connectivity index (χ3v) is 6.82. The molecule has 0 aliphatic heterocycles.